The van der Waals surface area contributed by atoms with Crippen LogP contribution in [-0.2, 0) is 4.74 Å². The molecule has 1 saturated heterocycles. The van der Waals surface area contributed by atoms with Gasteiger partial charge in [0, 0.05) is 24.9 Å². The molecule has 1 aromatic rings. The average Bonchev–Trinajstić information content (AvgIpc) is 2.79. The van der Waals surface area contributed by atoms with Gasteiger partial charge < -0.3 is 19.7 Å². The molecule has 3 rings (SSSR count). The van der Waals surface area contributed by atoms with E-state index < -0.39 is 0 Å². The van der Waals surface area contributed by atoms with Gasteiger partial charge in [-0.15, -0.1) is 0 Å². The van der Waals surface area contributed by atoms with E-state index in [1.54, 1.807) is 19.5 Å². The maximum atomic E-state index is 5.80. The number of anilines is 1. The van der Waals surface area contributed by atoms with Crippen molar-refractivity contribution in [2.45, 2.75) is 24.6 Å². The summed E-state index contributed by atoms with van der Waals surface area (Å²) in [5.74, 6) is 1.81. The SMILES string of the molecule is COc1nccnc1N[C@H]1[C@H]2CCO[C@H]2[C@@H]1N(C)C. The van der Waals surface area contributed by atoms with Crippen LogP contribution in [0.4, 0.5) is 5.82 Å². The summed E-state index contributed by atoms with van der Waals surface area (Å²) in [6, 6.07) is 0.715. The van der Waals surface area contributed by atoms with Gasteiger partial charge in [-0.25, -0.2) is 9.97 Å². The monoisotopic (exact) mass is 264 g/mol. The first kappa shape index (κ1) is 12.6. The average molecular weight is 264 g/mol. The summed E-state index contributed by atoms with van der Waals surface area (Å²) in [6.45, 7) is 0.857. The van der Waals surface area contributed by atoms with E-state index in [1.165, 1.54) is 0 Å². The van der Waals surface area contributed by atoms with Crippen LogP contribution >= 0.6 is 0 Å². The predicted molar refractivity (Wildman–Crippen MR) is 71.3 cm³/mol. The van der Waals surface area contributed by atoms with Gasteiger partial charge in [0.15, 0.2) is 5.82 Å². The molecule has 4 atom stereocenters. The number of rotatable bonds is 4. The van der Waals surface area contributed by atoms with Crippen LogP contribution in [0.25, 0.3) is 0 Å². The molecule has 2 aliphatic rings. The fourth-order valence-electron chi connectivity index (χ4n) is 3.21. The molecular formula is C13H20N4O2. The summed E-state index contributed by atoms with van der Waals surface area (Å²) in [4.78, 5) is 10.7. The molecule has 1 saturated carbocycles. The Labute approximate surface area is 113 Å². The first-order chi connectivity index (χ1) is 9.22. The molecule has 0 radical (unpaired) electrons. The van der Waals surface area contributed by atoms with Crippen molar-refractivity contribution in [3.63, 3.8) is 0 Å². The van der Waals surface area contributed by atoms with Crippen LogP contribution in [0.15, 0.2) is 12.4 Å². The summed E-state index contributed by atoms with van der Waals surface area (Å²) in [5, 5.41) is 3.48. The fraction of sp³-hybridized carbons (Fsp3) is 0.692. The second-order valence-electron chi connectivity index (χ2n) is 5.33. The number of methoxy groups -OCH3 is 1. The third-order valence-corrected chi connectivity index (χ3v) is 4.11. The van der Waals surface area contributed by atoms with Crippen LogP contribution in [0.3, 0.4) is 0 Å². The molecule has 6 heteroatoms. The van der Waals surface area contributed by atoms with Gasteiger partial charge in [-0.05, 0) is 20.5 Å². The highest BCUT2D eigenvalue weighted by molar-refractivity contribution is 5.47. The van der Waals surface area contributed by atoms with Gasteiger partial charge in [0.1, 0.15) is 0 Å². The molecule has 1 N–H and O–H groups in total. The molecule has 19 heavy (non-hydrogen) atoms. The van der Waals surface area contributed by atoms with E-state index in [4.69, 9.17) is 9.47 Å². The normalized spacial score (nSPS) is 32.8. The van der Waals surface area contributed by atoms with Gasteiger partial charge in [-0.1, -0.05) is 0 Å². The molecule has 2 fully saturated rings. The molecular weight excluding hydrogens is 244 g/mol. The largest absolute Gasteiger partial charge is 0.478 e. The second-order valence-corrected chi connectivity index (χ2v) is 5.33. The lowest BCUT2D eigenvalue weighted by Gasteiger charge is -2.50. The van der Waals surface area contributed by atoms with E-state index in [1.807, 2.05) is 0 Å². The van der Waals surface area contributed by atoms with E-state index >= 15 is 0 Å². The third kappa shape index (κ3) is 2.04. The van der Waals surface area contributed by atoms with Crippen LogP contribution in [0.2, 0.25) is 0 Å². The van der Waals surface area contributed by atoms with Crippen molar-refractivity contribution in [1.82, 2.24) is 14.9 Å². The van der Waals surface area contributed by atoms with E-state index in [0.29, 0.717) is 35.8 Å². The van der Waals surface area contributed by atoms with Crippen molar-refractivity contribution in [3.8, 4) is 5.88 Å². The molecule has 6 nitrogen and oxygen atoms in total. The van der Waals surface area contributed by atoms with Crippen LogP contribution in [0, 0.1) is 5.92 Å². The molecule has 0 spiro atoms. The molecule has 1 aliphatic carbocycles. The van der Waals surface area contributed by atoms with Gasteiger partial charge in [-0.2, -0.15) is 0 Å². The molecule has 104 valence electrons. The number of hydrogen-bond donors (Lipinski definition) is 1. The Kier molecular flexibility index (Phi) is 3.28. The van der Waals surface area contributed by atoms with Crippen molar-refractivity contribution >= 4 is 5.82 Å². The summed E-state index contributed by atoms with van der Waals surface area (Å²) < 4.78 is 11.0. The Balaban J connectivity index is 1.78. The minimum Gasteiger partial charge on any atom is -0.478 e. The number of ether oxygens (including phenoxy) is 2. The standard InChI is InChI=1S/C13H20N4O2/c1-17(2)10-9(8-4-7-19-11(8)10)16-12-13(18-3)15-6-5-14-12/h5-6,8-11H,4,7H2,1-3H3,(H,14,16)/t8-,9+,10-,11-/m1/s1. The highest BCUT2D eigenvalue weighted by Crippen LogP contribution is 2.43. The van der Waals surface area contributed by atoms with Gasteiger partial charge in [0.05, 0.1) is 25.3 Å². The lowest BCUT2D eigenvalue weighted by atomic mass is 9.71. The predicted octanol–water partition coefficient (Wildman–Crippen LogP) is 0.615. The summed E-state index contributed by atoms with van der Waals surface area (Å²) in [6.07, 6.45) is 4.76. The van der Waals surface area contributed by atoms with Crippen molar-refractivity contribution in [2.75, 3.05) is 33.1 Å². The Morgan fingerprint density at radius 1 is 1.37 bits per heavy atom. The zero-order valence-corrected chi connectivity index (χ0v) is 11.5. The van der Waals surface area contributed by atoms with Gasteiger partial charge in [-0.3, -0.25) is 0 Å². The Hall–Kier alpha value is -1.40. The first-order valence-electron chi connectivity index (χ1n) is 6.62. The van der Waals surface area contributed by atoms with Crippen molar-refractivity contribution in [1.29, 1.82) is 0 Å². The van der Waals surface area contributed by atoms with Gasteiger partial charge in [0.25, 0.3) is 5.88 Å². The maximum absolute atomic E-state index is 5.80. The highest BCUT2D eigenvalue weighted by Gasteiger charge is 2.55. The number of hydrogen-bond acceptors (Lipinski definition) is 6. The quantitative estimate of drug-likeness (QED) is 0.860. The third-order valence-electron chi connectivity index (χ3n) is 4.11. The smallest absolute Gasteiger partial charge is 0.257 e. The second kappa shape index (κ2) is 4.94. The zero-order valence-electron chi connectivity index (χ0n) is 11.5. The van der Waals surface area contributed by atoms with Crippen LogP contribution < -0.4 is 10.1 Å². The zero-order chi connectivity index (χ0) is 13.4. The minimum atomic E-state index is 0.341. The molecule has 0 amide bonds. The number of likely N-dealkylation sites (N-methyl/N-ethyl adjacent to an activating group) is 1. The van der Waals surface area contributed by atoms with Gasteiger partial charge >= 0.3 is 0 Å². The lowest BCUT2D eigenvalue weighted by molar-refractivity contribution is -0.0517. The van der Waals surface area contributed by atoms with Crippen LogP contribution in [-0.4, -0.2) is 60.9 Å². The number of fused-ring (bicyclic) bond motifs is 1. The molecule has 0 unspecified atom stereocenters. The van der Waals surface area contributed by atoms with Crippen molar-refractivity contribution in [3.05, 3.63) is 12.4 Å². The molecule has 0 aromatic carbocycles. The molecule has 0 bridgehead atoms. The Bertz CT molecular complexity index is 454. The summed E-state index contributed by atoms with van der Waals surface area (Å²) >= 11 is 0. The molecule has 2 heterocycles. The fourth-order valence-corrected chi connectivity index (χ4v) is 3.21. The van der Waals surface area contributed by atoms with Crippen molar-refractivity contribution in [2.24, 2.45) is 5.92 Å². The van der Waals surface area contributed by atoms with Crippen LogP contribution in [0.5, 0.6) is 5.88 Å². The van der Waals surface area contributed by atoms with E-state index in [-0.39, 0.29) is 0 Å². The summed E-state index contributed by atoms with van der Waals surface area (Å²) in [7, 11) is 5.79. The lowest BCUT2D eigenvalue weighted by Crippen LogP contribution is -2.66. The molecule has 1 aromatic heterocycles. The van der Waals surface area contributed by atoms with Crippen molar-refractivity contribution < 1.29 is 9.47 Å². The van der Waals surface area contributed by atoms with E-state index in [0.717, 1.165) is 13.0 Å². The first-order valence-corrected chi connectivity index (χ1v) is 6.62. The topological polar surface area (TPSA) is 59.5 Å². The maximum Gasteiger partial charge on any atom is 0.257 e. The molecule has 1 aliphatic heterocycles. The highest BCUT2D eigenvalue weighted by atomic mass is 16.5. The summed E-state index contributed by atoms with van der Waals surface area (Å²) in [5.41, 5.74) is 0. The minimum absolute atomic E-state index is 0.341. The van der Waals surface area contributed by atoms with E-state index in [2.05, 4.69) is 34.3 Å². The number of aromatic nitrogens is 2. The Morgan fingerprint density at radius 2 is 2.16 bits per heavy atom. The Morgan fingerprint density at radius 3 is 2.89 bits per heavy atom. The van der Waals surface area contributed by atoms with E-state index in [9.17, 15) is 0 Å². The number of nitrogens with zero attached hydrogens (tertiary/aromatic N) is 3. The van der Waals surface area contributed by atoms with Crippen LogP contribution in [0.1, 0.15) is 6.42 Å². The van der Waals surface area contributed by atoms with Gasteiger partial charge in [0.2, 0.25) is 0 Å². The number of nitrogens with one attached hydrogen (secondary N) is 1.